The Labute approximate surface area is 82.1 Å². The Kier molecular flexibility index (Phi) is 2.95. The second-order valence-corrected chi connectivity index (χ2v) is 3.49. The van der Waals surface area contributed by atoms with Crippen molar-refractivity contribution in [3.8, 4) is 0 Å². The molecule has 0 aliphatic heterocycles. The molecule has 0 spiro atoms. The van der Waals surface area contributed by atoms with Gasteiger partial charge in [0.15, 0.2) is 0 Å². The SMILES string of the molecule is CC(c1ccc(Br)nc1)C(F)(F)F. The van der Waals surface area contributed by atoms with Crippen LogP contribution in [-0.2, 0) is 0 Å². The standard InChI is InChI=1S/C8H7BrF3N/c1-5(8(10,11)12)6-2-3-7(9)13-4-6/h2-5H,1H3. The first-order valence-electron chi connectivity index (χ1n) is 3.59. The summed E-state index contributed by atoms with van der Waals surface area (Å²) in [5.74, 6) is -1.46. The van der Waals surface area contributed by atoms with Gasteiger partial charge in [-0.25, -0.2) is 4.98 Å². The Morgan fingerprint density at radius 1 is 1.38 bits per heavy atom. The highest BCUT2D eigenvalue weighted by Crippen LogP contribution is 2.33. The first-order chi connectivity index (χ1) is 5.91. The zero-order valence-corrected chi connectivity index (χ0v) is 8.35. The lowest BCUT2D eigenvalue weighted by atomic mass is 10.0. The summed E-state index contributed by atoms with van der Waals surface area (Å²) in [6.45, 7) is 1.12. The van der Waals surface area contributed by atoms with Gasteiger partial charge in [0.2, 0.25) is 0 Å². The lowest BCUT2D eigenvalue weighted by Crippen LogP contribution is -2.17. The predicted molar refractivity (Wildman–Crippen MR) is 46.4 cm³/mol. The molecule has 1 nitrogen and oxygen atoms in total. The number of alkyl halides is 3. The second-order valence-electron chi connectivity index (χ2n) is 2.68. The zero-order valence-electron chi connectivity index (χ0n) is 6.77. The number of aromatic nitrogens is 1. The van der Waals surface area contributed by atoms with Gasteiger partial charge in [0.05, 0.1) is 5.92 Å². The van der Waals surface area contributed by atoms with Crippen LogP contribution in [0.1, 0.15) is 18.4 Å². The molecule has 0 bridgehead atoms. The molecular weight excluding hydrogens is 247 g/mol. The van der Waals surface area contributed by atoms with Crippen molar-refractivity contribution < 1.29 is 13.2 Å². The summed E-state index contributed by atoms with van der Waals surface area (Å²) in [7, 11) is 0. The molecule has 5 heteroatoms. The van der Waals surface area contributed by atoms with Crippen molar-refractivity contribution in [1.82, 2.24) is 4.98 Å². The summed E-state index contributed by atoms with van der Waals surface area (Å²) < 4.78 is 37.1. The number of rotatable bonds is 1. The molecule has 0 N–H and O–H groups in total. The van der Waals surface area contributed by atoms with Crippen molar-refractivity contribution >= 4 is 15.9 Å². The summed E-state index contributed by atoms with van der Waals surface area (Å²) in [4.78, 5) is 3.73. The van der Waals surface area contributed by atoms with E-state index < -0.39 is 12.1 Å². The van der Waals surface area contributed by atoms with E-state index in [1.165, 1.54) is 18.3 Å². The topological polar surface area (TPSA) is 12.9 Å². The van der Waals surface area contributed by atoms with E-state index in [0.717, 1.165) is 6.92 Å². The van der Waals surface area contributed by atoms with Gasteiger partial charge in [-0.15, -0.1) is 0 Å². The second kappa shape index (κ2) is 3.65. The summed E-state index contributed by atoms with van der Waals surface area (Å²) in [5.41, 5.74) is 0.177. The monoisotopic (exact) mass is 253 g/mol. The molecular formula is C8H7BrF3N. The summed E-state index contributed by atoms with van der Waals surface area (Å²) in [6.07, 6.45) is -2.97. The van der Waals surface area contributed by atoms with Crippen LogP contribution in [0.4, 0.5) is 13.2 Å². The van der Waals surface area contributed by atoms with Crippen LogP contribution in [0.3, 0.4) is 0 Å². The van der Waals surface area contributed by atoms with Gasteiger partial charge in [-0.05, 0) is 34.5 Å². The average molecular weight is 254 g/mol. The fourth-order valence-corrected chi connectivity index (χ4v) is 1.07. The van der Waals surface area contributed by atoms with Gasteiger partial charge in [-0.3, -0.25) is 0 Å². The fourth-order valence-electron chi connectivity index (χ4n) is 0.832. The minimum atomic E-state index is -4.20. The van der Waals surface area contributed by atoms with E-state index in [1.54, 1.807) is 0 Å². The summed E-state index contributed by atoms with van der Waals surface area (Å²) in [6, 6.07) is 2.91. The maximum Gasteiger partial charge on any atom is 0.395 e. The lowest BCUT2D eigenvalue weighted by Gasteiger charge is -2.15. The number of hydrogen-bond donors (Lipinski definition) is 0. The first kappa shape index (κ1) is 10.5. The van der Waals surface area contributed by atoms with Gasteiger partial charge in [-0.1, -0.05) is 6.07 Å². The van der Waals surface area contributed by atoms with Crippen LogP contribution in [0, 0.1) is 0 Å². The van der Waals surface area contributed by atoms with Gasteiger partial charge >= 0.3 is 6.18 Å². The van der Waals surface area contributed by atoms with E-state index in [1.807, 2.05) is 0 Å². The molecule has 0 amide bonds. The molecule has 0 aromatic carbocycles. The summed E-state index contributed by atoms with van der Waals surface area (Å²) in [5, 5.41) is 0. The highest BCUT2D eigenvalue weighted by molar-refractivity contribution is 9.10. The zero-order chi connectivity index (χ0) is 10.1. The normalized spacial score (nSPS) is 14.2. The molecule has 1 rings (SSSR count). The van der Waals surface area contributed by atoms with Crippen molar-refractivity contribution in [2.24, 2.45) is 0 Å². The van der Waals surface area contributed by atoms with E-state index in [2.05, 4.69) is 20.9 Å². The van der Waals surface area contributed by atoms with Crippen LogP contribution in [-0.4, -0.2) is 11.2 Å². The molecule has 1 aromatic rings. The van der Waals surface area contributed by atoms with Crippen molar-refractivity contribution in [2.75, 3.05) is 0 Å². The molecule has 13 heavy (non-hydrogen) atoms. The summed E-state index contributed by atoms with van der Waals surface area (Å²) >= 11 is 3.05. The number of pyridine rings is 1. The van der Waals surface area contributed by atoms with E-state index in [4.69, 9.17) is 0 Å². The van der Waals surface area contributed by atoms with Gasteiger partial charge in [0.1, 0.15) is 4.60 Å². The molecule has 0 aliphatic carbocycles. The molecule has 72 valence electrons. The van der Waals surface area contributed by atoms with Gasteiger partial charge < -0.3 is 0 Å². The van der Waals surface area contributed by atoms with Crippen LogP contribution in [0.15, 0.2) is 22.9 Å². The van der Waals surface area contributed by atoms with Crippen LogP contribution in [0.5, 0.6) is 0 Å². The Balaban J connectivity index is 2.90. The smallest absolute Gasteiger partial charge is 0.249 e. The third-order valence-corrected chi connectivity index (χ3v) is 2.21. The maximum atomic E-state index is 12.2. The van der Waals surface area contributed by atoms with E-state index in [0.29, 0.717) is 4.60 Å². The van der Waals surface area contributed by atoms with Crippen LogP contribution in [0.2, 0.25) is 0 Å². The first-order valence-corrected chi connectivity index (χ1v) is 4.38. The number of hydrogen-bond acceptors (Lipinski definition) is 1. The van der Waals surface area contributed by atoms with Gasteiger partial charge in [0, 0.05) is 6.20 Å². The third-order valence-electron chi connectivity index (χ3n) is 1.74. The van der Waals surface area contributed by atoms with E-state index in [-0.39, 0.29) is 5.56 Å². The minimum absolute atomic E-state index is 0.177. The molecule has 1 unspecified atom stereocenters. The predicted octanol–water partition coefficient (Wildman–Crippen LogP) is 3.51. The fraction of sp³-hybridized carbons (Fsp3) is 0.375. The Morgan fingerprint density at radius 2 is 2.00 bits per heavy atom. The maximum absolute atomic E-state index is 12.2. The Hall–Kier alpha value is -0.580. The minimum Gasteiger partial charge on any atom is -0.249 e. The molecule has 1 atom stereocenters. The number of nitrogens with zero attached hydrogens (tertiary/aromatic N) is 1. The lowest BCUT2D eigenvalue weighted by molar-refractivity contribution is -0.146. The van der Waals surface area contributed by atoms with Crippen LogP contribution < -0.4 is 0 Å². The van der Waals surface area contributed by atoms with Crippen molar-refractivity contribution in [2.45, 2.75) is 19.0 Å². The van der Waals surface area contributed by atoms with Crippen molar-refractivity contribution in [3.63, 3.8) is 0 Å². The molecule has 0 radical (unpaired) electrons. The third kappa shape index (κ3) is 2.69. The van der Waals surface area contributed by atoms with E-state index in [9.17, 15) is 13.2 Å². The number of halogens is 4. The quantitative estimate of drug-likeness (QED) is 0.699. The average Bonchev–Trinajstić information content (AvgIpc) is 2.03. The van der Waals surface area contributed by atoms with Crippen LogP contribution in [0.25, 0.3) is 0 Å². The van der Waals surface area contributed by atoms with Crippen LogP contribution >= 0.6 is 15.9 Å². The molecule has 0 saturated heterocycles. The highest BCUT2D eigenvalue weighted by Gasteiger charge is 2.37. The molecule has 1 heterocycles. The molecule has 0 aliphatic rings. The molecule has 1 aromatic heterocycles. The Morgan fingerprint density at radius 3 is 2.38 bits per heavy atom. The Bertz CT molecular complexity index is 280. The van der Waals surface area contributed by atoms with Gasteiger partial charge in [-0.2, -0.15) is 13.2 Å². The largest absolute Gasteiger partial charge is 0.395 e. The van der Waals surface area contributed by atoms with Crippen molar-refractivity contribution in [3.05, 3.63) is 28.5 Å². The molecule has 0 fully saturated rings. The van der Waals surface area contributed by atoms with Crippen molar-refractivity contribution in [1.29, 1.82) is 0 Å². The van der Waals surface area contributed by atoms with Gasteiger partial charge in [0.25, 0.3) is 0 Å². The van der Waals surface area contributed by atoms with E-state index >= 15 is 0 Å². The molecule has 0 saturated carbocycles. The highest BCUT2D eigenvalue weighted by atomic mass is 79.9.